The van der Waals surface area contributed by atoms with E-state index in [2.05, 4.69) is 25.3 Å². The normalized spacial score (nSPS) is 11.2. The number of nitrogens with two attached hydrogens (primary N) is 1. The number of rotatable bonds is 9. The molecule has 0 bridgehead atoms. The number of aromatic nitrogens is 5. The Bertz CT molecular complexity index is 1370. The molecule has 3 heterocycles. The Hall–Kier alpha value is -3.40. The van der Waals surface area contributed by atoms with Crippen molar-refractivity contribution in [2.75, 3.05) is 31.6 Å². The van der Waals surface area contributed by atoms with E-state index in [0.29, 0.717) is 60.6 Å². The molecular weight excluding hydrogens is 454 g/mol. The summed E-state index contributed by atoms with van der Waals surface area (Å²) >= 11 is 6.63. The number of nitrogens with one attached hydrogen (secondary N) is 1. The van der Waals surface area contributed by atoms with Gasteiger partial charge in [0.05, 0.1) is 30.8 Å². The van der Waals surface area contributed by atoms with Crippen molar-refractivity contribution in [1.29, 1.82) is 0 Å². The van der Waals surface area contributed by atoms with Crippen molar-refractivity contribution in [3.05, 3.63) is 63.9 Å². The van der Waals surface area contributed by atoms with Gasteiger partial charge in [0.15, 0.2) is 0 Å². The van der Waals surface area contributed by atoms with Gasteiger partial charge in [-0.2, -0.15) is 4.98 Å². The van der Waals surface area contributed by atoms with Crippen molar-refractivity contribution in [3.63, 3.8) is 0 Å². The van der Waals surface area contributed by atoms with Crippen LogP contribution < -0.4 is 16.6 Å². The van der Waals surface area contributed by atoms with E-state index in [1.807, 2.05) is 26.0 Å². The van der Waals surface area contributed by atoms with Gasteiger partial charge in [-0.25, -0.2) is 9.97 Å². The van der Waals surface area contributed by atoms with Gasteiger partial charge in [0.25, 0.3) is 5.56 Å². The minimum Gasteiger partial charge on any atom is -0.378 e. The fraction of sp³-hybridized carbons (Fsp3) is 0.292. The highest BCUT2D eigenvalue weighted by Crippen LogP contribution is 2.31. The molecule has 0 saturated carbocycles. The lowest BCUT2D eigenvalue weighted by molar-refractivity contribution is 0.151. The maximum Gasteiger partial charge on any atom is 0.260 e. The highest BCUT2D eigenvalue weighted by molar-refractivity contribution is 6.33. The van der Waals surface area contributed by atoms with E-state index in [0.717, 1.165) is 22.3 Å². The van der Waals surface area contributed by atoms with Crippen LogP contribution in [0.2, 0.25) is 5.02 Å². The van der Waals surface area contributed by atoms with Crippen LogP contribution in [0.1, 0.15) is 12.6 Å². The second kappa shape index (κ2) is 10.7. The molecular formula is C24H26ClN7O2. The van der Waals surface area contributed by atoms with Crippen LogP contribution in [0.15, 0.2) is 47.7 Å². The number of anilines is 1. The van der Waals surface area contributed by atoms with Crippen LogP contribution in [0.4, 0.5) is 5.95 Å². The summed E-state index contributed by atoms with van der Waals surface area (Å²) in [6.45, 7) is 6.24. The van der Waals surface area contributed by atoms with Crippen molar-refractivity contribution < 1.29 is 4.74 Å². The van der Waals surface area contributed by atoms with E-state index < -0.39 is 0 Å². The van der Waals surface area contributed by atoms with E-state index >= 15 is 0 Å². The van der Waals surface area contributed by atoms with Crippen molar-refractivity contribution in [1.82, 2.24) is 24.5 Å². The average Bonchev–Trinajstić information content (AvgIpc) is 2.84. The molecule has 34 heavy (non-hydrogen) atoms. The van der Waals surface area contributed by atoms with Gasteiger partial charge in [0, 0.05) is 59.1 Å². The molecule has 0 saturated heterocycles. The first-order chi connectivity index (χ1) is 16.5. The van der Waals surface area contributed by atoms with Gasteiger partial charge >= 0.3 is 0 Å². The molecule has 4 aromatic rings. The maximum absolute atomic E-state index is 13.4. The summed E-state index contributed by atoms with van der Waals surface area (Å²) in [6.07, 6.45) is 5.08. The Morgan fingerprint density at radius 1 is 1.12 bits per heavy atom. The van der Waals surface area contributed by atoms with Gasteiger partial charge in [-0.1, -0.05) is 23.7 Å². The molecule has 0 aliphatic carbocycles. The topological polar surface area (TPSA) is 121 Å². The third-order valence-corrected chi connectivity index (χ3v) is 5.56. The molecule has 176 valence electrons. The zero-order valence-electron chi connectivity index (χ0n) is 19.1. The van der Waals surface area contributed by atoms with Gasteiger partial charge in [-0.15, -0.1) is 0 Å². The van der Waals surface area contributed by atoms with Crippen LogP contribution in [0, 0.1) is 6.92 Å². The number of benzene rings is 1. The number of ether oxygens (including phenoxy) is 1. The summed E-state index contributed by atoms with van der Waals surface area (Å²) < 4.78 is 6.98. The predicted octanol–water partition coefficient (Wildman–Crippen LogP) is 3.28. The number of pyridine rings is 1. The SMILES string of the molecule is CCn1c(=O)c(-c2ccc(-c3cncc(C)n3)cc2Cl)cc2cnc(NCCOCCN)nc21. The van der Waals surface area contributed by atoms with Crippen LogP contribution >= 0.6 is 11.6 Å². The third-order valence-electron chi connectivity index (χ3n) is 5.24. The quantitative estimate of drug-likeness (QED) is 0.351. The Morgan fingerprint density at radius 2 is 1.97 bits per heavy atom. The summed E-state index contributed by atoms with van der Waals surface area (Å²) in [5, 5.41) is 4.31. The summed E-state index contributed by atoms with van der Waals surface area (Å²) in [5.41, 5.74) is 9.29. The molecule has 10 heteroatoms. The zero-order valence-corrected chi connectivity index (χ0v) is 19.8. The number of fused-ring (bicyclic) bond motifs is 1. The fourth-order valence-corrected chi connectivity index (χ4v) is 3.93. The standard InChI is InChI=1S/C24H26ClN7O2/c1-3-32-22-17(13-29-24(31-22)28-7-9-34-8-6-26)10-19(23(32)33)18-5-4-16(11-20(18)25)21-14-27-12-15(2)30-21/h4-5,10-14H,3,6-9,26H2,1-2H3,(H,28,29,31). The van der Waals surface area contributed by atoms with Crippen LogP contribution in [-0.2, 0) is 11.3 Å². The summed E-state index contributed by atoms with van der Waals surface area (Å²) in [6, 6.07) is 7.31. The van der Waals surface area contributed by atoms with Crippen molar-refractivity contribution in [2.45, 2.75) is 20.4 Å². The molecule has 0 amide bonds. The predicted molar refractivity (Wildman–Crippen MR) is 134 cm³/mol. The third kappa shape index (κ3) is 5.06. The first-order valence-electron chi connectivity index (χ1n) is 11.0. The van der Waals surface area contributed by atoms with E-state index in [1.54, 1.807) is 35.3 Å². The van der Waals surface area contributed by atoms with Gasteiger partial charge in [-0.3, -0.25) is 14.3 Å². The van der Waals surface area contributed by atoms with E-state index in [9.17, 15) is 4.79 Å². The van der Waals surface area contributed by atoms with E-state index in [4.69, 9.17) is 22.1 Å². The van der Waals surface area contributed by atoms with E-state index in [-0.39, 0.29) is 5.56 Å². The monoisotopic (exact) mass is 479 g/mol. The second-order valence-corrected chi connectivity index (χ2v) is 8.06. The Labute approximate surface area is 202 Å². The highest BCUT2D eigenvalue weighted by atomic mass is 35.5. The first kappa shape index (κ1) is 23.7. The lowest BCUT2D eigenvalue weighted by Crippen LogP contribution is -2.23. The highest BCUT2D eigenvalue weighted by Gasteiger charge is 2.15. The van der Waals surface area contributed by atoms with Crippen LogP contribution in [-0.4, -0.2) is 50.8 Å². The number of nitrogens with zero attached hydrogens (tertiary/aromatic N) is 5. The van der Waals surface area contributed by atoms with Crippen molar-refractivity contribution >= 4 is 28.6 Å². The zero-order chi connectivity index (χ0) is 24.1. The molecule has 0 atom stereocenters. The van der Waals surface area contributed by atoms with Gasteiger partial charge in [-0.05, 0) is 26.0 Å². The van der Waals surface area contributed by atoms with E-state index in [1.165, 1.54) is 0 Å². The molecule has 0 spiro atoms. The van der Waals surface area contributed by atoms with Crippen molar-refractivity contribution in [2.24, 2.45) is 5.73 Å². The minimum absolute atomic E-state index is 0.170. The lowest BCUT2D eigenvalue weighted by atomic mass is 10.0. The fourth-order valence-electron chi connectivity index (χ4n) is 3.65. The Kier molecular flexibility index (Phi) is 7.46. The number of halogens is 1. The van der Waals surface area contributed by atoms with Gasteiger partial charge in [0.2, 0.25) is 5.95 Å². The van der Waals surface area contributed by atoms with Crippen LogP contribution in [0.3, 0.4) is 0 Å². The minimum atomic E-state index is -0.170. The smallest absolute Gasteiger partial charge is 0.260 e. The summed E-state index contributed by atoms with van der Waals surface area (Å²) in [4.78, 5) is 31.0. The first-order valence-corrected chi connectivity index (χ1v) is 11.4. The molecule has 3 aromatic heterocycles. The van der Waals surface area contributed by atoms with Crippen molar-refractivity contribution in [3.8, 4) is 22.4 Å². The van der Waals surface area contributed by atoms with Crippen LogP contribution in [0.25, 0.3) is 33.4 Å². The molecule has 4 rings (SSSR count). The molecule has 3 N–H and O–H groups in total. The molecule has 0 aliphatic rings. The number of hydrogen-bond donors (Lipinski definition) is 2. The number of aryl methyl sites for hydroxylation is 2. The number of hydrogen-bond acceptors (Lipinski definition) is 8. The van der Waals surface area contributed by atoms with Gasteiger partial charge < -0.3 is 15.8 Å². The Morgan fingerprint density at radius 3 is 2.71 bits per heavy atom. The average molecular weight is 480 g/mol. The second-order valence-electron chi connectivity index (χ2n) is 7.65. The molecule has 1 aromatic carbocycles. The molecule has 0 fully saturated rings. The summed E-state index contributed by atoms with van der Waals surface area (Å²) in [7, 11) is 0. The molecule has 0 aliphatic heterocycles. The maximum atomic E-state index is 13.4. The largest absolute Gasteiger partial charge is 0.378 e. The molecule has 0 radical (unpaired) electrons. The molecule has 0 unspecified atom stereocenters. The van der Waals surface area contributed by atoms with Gasteiger partial charge in [0.1, 0.15) is 5.65 Å². The lowest BCUT2D eigenvalue weighted by Gasteiger charge is -2.13. The summed E-state index contributed by atoms with van der Waals surface area (Å²) in [5.74, 6) is 0.430. The Balaban J connectivity index is 1.69. The van der Waals surface area contributed by atoms with Crippen LogP contribution in [0.5, 0.6) is 0 Å². The molecule has 9 nitrogen and oxygen atoms in total.